The van der Waals surface area contributed by atoms with E-state index in [4.69, 9.17) is 11.6 Å². The van der Waals surface area contributed by atoms with E-state index in [1.807, 2.05) is 36.4 Å². The molecule has 1 amide bonds. The molecule has 0 radical (unpaired) electrons. The Kier molecular flexibility index (Phi) is 5.22. The van der Waals surface area contributed by atoms with E-state index in [2.05, 4.69) is 21.0 Å². The maximum atomic E-state index is 12.3. The number of benzene rings is 2. The van der Waals surface area contributed by atoms with Crippen molar-refractivity contribution in [2.45, 2.75) is 6.92 Å². The molecule has 0 saturated carbocycles. The van der Waals surface area contributed by atoms with E-state index < -0.39 is 5.91 Å². The van der Waals surface area contributed by atoms with E-state index in [9.17, 15) is 10.0 Å². The number of hydrogen-bond acceptors (Lipinski definition) is 3. The number of hydroxylamine groups is 2. The van der Waals surface area contributed by atoms with Crippen LogP contribution in [0.5, 0.6) is 0 Å². The molecule has 2 aromatic carbocycles. The van der Waals surface area contributed by atoms with E-state index in [1.165, 1.54) is 0 Å². The molecule has 0 aliphatic rings. The van der Waals surface area contributed by atoms with Crippen molar-refractivity contribution in [2.24, 2.45) is 0 Å². The van der Waals surface area contributed by atoms with E-state index in [1.54, 1.807) is 29.8 Å². The molecule has 0 atom stereocenters. The molecule has 128 valence electrons. The predicted octanol–water partition coefficient (Wildman–Crippen LogP) is 4.81. The fraction of sp³-hybridized carbons (Fsp3) is 0.111. The zero-order chi connectivity index (χ0) is 18.0. The number of halogens is 2. The zero-order valence-corrected chi connectivity index (χ0v) is 15.7. The number of amides is 1. The molecule has 0 saturated heterocycles. The fourth-order valence-corrected chi connectivity index (χ4v) is 2.76. The Hall–Kier alpha value is -2.15. The molecule has 0 fully saturated rings. The number of carbonyl (C=O) groups is 1. The Morgan fingerprint density at radius 2 is 1.84 bits per heavy atom. The summed E-state index contributed by atoms with van der Waals surface area (Å²) in [4.78, 5) is 12.3. The average molecular weight is 421 g/mol. The minimum Gasteiger partial charge on any atom is -0.286 e. The molecular weight excluding hydrogens is 406 g/mol. The summed E-state index contributed by atoms with van der Waals surface area (Å²) < 4.78 is 2.62. The van der Waals surface area contributed by atoms with Gasteiger partial charge in [0.1, 0.15) is 0 Å². The van der Waals surface area contributed by atoms with Crippen LogP contribution in [0.15, 0.2) is 59.1 Å². The summed E-state index contributed by atoms with van der Waals surface area (Å²) in [5.41, 5.74) is 2.56. The lowest BCUT2D eigenvalue weighted by Crippen LogP contribution is -2.27. The van der Waals surface area contributed by atoms with Crippen LogP contribution in [0.25, 0.3) is 16.9 Å². The quantitative estimate of drug-likeness (QED) is 0.487. The van der Waals surface area contributed by atoms with Gasteiger partial charge >= 0.3 is 0 Å². The molecule has 1 aromatic heterocycles. The molecule has 0 unspecified atom stereocenters. The Balaban J connectivity index is 2.13. The highest BCUT2D eigenvalue weighted by molar-refractivity contribution is 9.10. The van der Waals surface area contributed by atoms with Gasteiger partial charge in [0.2, 0.25) is 0 Å². The van der Waals surface area contributed by atoms with Gasteiger partial charge in [0.25, 0.3) is 5.91 Å². The first kappa shape index (κ1) is 17.7. The second-order valence-electron chi connectivity index (χ2n) is 5.33. The molecule has 5 nitrogen and oxygen atoms in total. The van der Waals surface area contributed by atoms with E-state index >= 15 is 0 Å². The molecular formula is C18H15BrClN3O2. The van der Waals surface area contributed by atoms with Crippen LogP contribution < -0.4 is 0 Å². The summed E-state index contributed by atoms with van der Waals surface area (Å²) in [6, 6.07) is 16.5. The summed E-state index contributed by atoms with van der Waals surface area (Å²) in [6.07, 6.45) is 0. The topological polar surface area (TPSA) is 58.4 Å². The molecule has 3 rings (SSSR count). The van der Waals surface area contributed by atoms with Gasteiger partial charge in [-0.3, -0.25) is 10.0 Å². The third-order valence-electron chi connectivity index (χ3n) is 3.67. The molecule has 7 heteroatoms. The summed E-state index contributed by atoms with van der Waals surface area (Å²) in [7, 11) is 0. The monoisotopic (exact) mass is 419 g/mol. The number of aromatic nitrogens is 2. The summed E-state index contributed by atoms with van der Waals surface area (Å²) in [6.45, 7) is 1.87. The fourth-order valence-electron chi connectivity index (χ4n) is 2.37. The van der Waals surface area contributed by atoms with Gasteiger partial charge in [-0.2, -0.15) is 5.10 Å². The first-order chi connectivity index (χ1) is 12.0. The van der Waals surface area contributed by atoms with Gasteiger partial charge in [-0.15, -0.1) is 0 Å². The first-order valence-electron chi connectivity index (χ1n) is 7.62. The van der Waals surface area contributed by atoms with Crippen molar-refractivity contribution in [3.63, 3.8) is 0 Å². The lowest BCUT2D eigenvalue weighted by Gasteiger charge is -2.09. The van der Waals surface area contributed by atoms with Gasteiger partial charge in [-0.1, -0.05) is 39.7 Å². The smallest absolute Gasteiger partial charge is 0.286 e. The third-order valence-corrected chi connectivity index (χ3v) is 4.45. The highest BCUT2D eigenvalue weighted by Crippen LogP contribution is 2.26. The van der Waals surface area contributed by atoms with Gasteiger partial charge in [0, 0.05) is 21.6 Å². The Morgan fingerprint density at radius 1 is 1.20 bits per heavy atom. The number of nitrogens with zero attached hydrogens (tertiary/aromatic N) is 3. The normalized spacial score (nSPS) is 10.7. The van der Waals surface area contributed by atoms with Crippen molar-refractivity contribution >= 4 is 33.4 Å². The van der Waals surface area contributed by atoms with Crippen LogP contribution in [-0.2, 0) is 0 Å². The van der Waals surface area contributed by atoms with E-state index in [0.717, 1.165) is 21.4 Å². The van der Waals surface area contributed by atoms with Crippen molar-refractivity contribution in [3.8, 4) is 16.9 Å². The molecule has 1 heterocycles. The number of hydrogen-bond donors (Lipinski definition) is 1. The number of rotatable bonds is 4. The SMILES string of the molecule is CCN(O)C(=O)c1cc(-c2ccc(Br)cc2)n(-c2ccc(Cl)cc2)n1. The summed E-state index contributed by atoms with van der Waals surface area (Å²) >= 11 is 9.38. The number of carbonyl (C=O) groups excluding carboxylic acids is 1. The van der Waals surface area contributed by atoms with Crippen molar-refractivity contribution in [2.75, 3.05) is 6.54 Å². The zero-order valence-electron chi connectivity index (χ0n) is 13.4. The highest BCUT2D eigenvalue weighted by Gasteiger charge is 2.20. The largest absolute Gasteiger partial charge is 0.297 e. The third kappa shape index (κ3) is 3.76. The minimum atomic E-state index is -0.548. The Labute approximate surface area is 158 Å². The lowest BCUT2D eigenvalue weighted by molar-refractivity contribution is -0.0546. The second kappa shape index (κ2) is 7.39. The van der Waals surface area contributed by atoms with Gasteiger partial charge in [0.05, 0.1) is 11.4 Å². The second-order valence-corrected chi connectivity index (χ2v) is 6.68. The van der Waals surface area contributed by atoms with Crippen LogP contribution in [0.1, 0.15) is 17.4 Å². The van der Waals surface area contributed by atoms with Crippen molar-refractivity contribution in [1.82, 2.24) is 14.8 Å². The van der Waals surface area contributed by atoms with Crippen LogP contribution in [0.3, 0.4) is 0 Å². The van der Waals surface area contributed by atoms with Gasteiger partial charge < -0.3 is 0 Å². The van der Waals surface area contributed by atoms with Gasteiger partial charge in [-0.25, -0.2) is 9.75 Å². The minimum absolute atomic E-state index is 0.164. The van der Waals surface area contributed by atoms with Crippen molar-refractivity contribution in [3.05, 3.63) is 69.8 Å². The average Bonchev–Trinajstić information content (AvgIpc) is 3.07. The molecule has 0 aliphatic heterocycles. The van der Waals surface area contributed by atoms with Crippen LogP contribution in [0, 0.1) is 0 Å². The molecule has 1 N–H and O–H groups in total. The molecule has 25 heavy (non-hydrogen) atoms. The molecule has 0 aliphatic carbocycles. The lowest BCUT2D eigenvalue weighted by atomic mass is 10.1. The standard InChI is InChI=1S/C18H15BrClN3O2/c1-2-22(25)18(24)16-11-17(12-3-5-13(19)6-4-12)23(21-16)15-9-7-14(20)8-10-15/h3-11,25H,2H2,1H3. The summed E-state index contributed by atoms with van der Waals surface area (Å²) in [5, 5.41) is 15.3. The maximum absolute atomic E-state index is 12.3. The van der Waals surface area contributed by atoms with Crippen LogP contribution in [0.4, 0.5) is 0 Å². The summed E-state index contributed by atoms with van der Waals surface area (Å²) in [5.74, 6) is -0.548. The Morgan fingerprint density at radius 3 is 2.44 bits per heavy atom. The molecule has 3 aromatic rings. The van der Waals surface area contributed by atoms with Crippen molar-refractivity contribution in [1.29, 1.82) is 0 Å². The van der Waals surface area contributed by atoms with Crippen LogP contribution >= 0.6 is 27.5 Å². The predicted molar refractivity (Wildman–Crippen MR) is 100 cm³/mol. The Bertz CT molecular complexity index is 829. The molecule has 0 spiro atoms. The van der Waals surface area contributed by atoms with Gasteiger partial charge in [0.15, 0.2) is 5.69 Å². The van der Waals surface area contributed by atoms with E-state index in [-0.39, 0.29) is 12.2 Å². The first-order valence-corrected chi connectivity index (χ1v) is 8.79. The molecule has 0 bridgehead atoms. The van der Waals surface area contributed by atoms with Crippen molar-refractivity contribution < 1.29 is 10.0 Å². The van der Waals surface area contributed by atoms with Crippen LogP contribution in [0.2, 0.25) is 5.02 Å². The van der Waals surface area contributed by atoms with Crippen LogP contribution in [-0.4, -0.2) is 32.5 Å². The maximum Gasteiger partial charge on any atom is 0.297 e. The van der Waals surface area contributed by atoms with Gasteiger partial charge in [-0.05, 0) is 49.4 Å². The highest BCUT2D eigenvalue weighted by atomic mass is 79.9. The van der Waals surface area contributed by atoms with E-state index in [0.29, 0.717) is 10.1 Å².